The van der Waals surface area contributed by atoms with Gasteiger partial charge in [-0.1, -0.05) is 11.6 Å². The highest BCUT2D eigenvalue weighted by molar-refractivity contribution is 6.32. The van der Waals surface area contributed by atoms with Crippen molar-refractivity contribution in [3.05, 3.63) is 50.9 Å². The number of nitrogens with zero attached hydrogens (tertiary/aromatic N) is 3. The van der Waals surface area contributed by atoms with Gasteiger partial charge in [0.05, 0.1) is 17.7 Å². The highest BCUT2D eigenvalue weighted by Gasteiger charge is 2.24. The summed E-state index contributed by atoms with van der Waals surface area (Å²) in [5, 5.41) is 13.0. The number of hydrogen-bond acceptors (Lipinski definition) is 6. The van der Waals surface area contributed by atoms with Crippen molar-refractivity contribution in [2.45, 2.75) is 13.5 Å². The molecule has 0 atom stereocenters. The molecule has 104 valence electrons. The number of nitro groups is 1. The molecule has 0 radical (unpaired) electrons. The lowest BCUT2D eigenvalue weighted by molar-refractivity contribution is -0.385. The van der Waals surface area contributed by atoms with Crippen LogP contribution in [-0.2, 0) is 6.54 Å². The maximum Gasteiger partial charge on any atom is 0.319 e. The summed E-state index contributed by atoms with van der Waals surface area (Å²) in [4.78, 5) is 29.6. The van der Waals surface area contributed by atoms with Crippen LogP contribution in [0.5, 0.6) is 0 Å². The van der Waals surface area contributed by atoms with Gasteiger partial charge in [-0.2, -0.15) is 0 Å². The van der Waals surface area contributed by atoms with E-state index in [1.54, 1.807) is 6.92 Å². The maximum atomic E-state index is 11.9. The quantitative estimate of drug-likeness (QED) is 0.523. The third-order valence-electron chi connectivity index (χ3n) is 2.38. The first-order valence-corrected chi connectivity index (χ1v) is 5.85. The van der Waals surface area contributed by atoms with Gasteiger partial charge in [0.2, 0.25) is 11.0 Å². The number of amides is 1. The second kappa shape index (κ2) is 5.66. The zero-order chi connectivity index (χ0) is 14.7. The molecule has 0 bridgehead atoms. The Labute approximate surface area is 117 Å². The number of pyridine rings is 1. The summed E-state index contributed by atoms with van der Waals surface area (Å²) in [6.45, 7) is 1.73. The Bertz CT molecular complexity index is 670. The first-order chi connectivity index (χ1) is 9.49. The van der Waals surface area contributed by atoms with Gasteiger partial charge in [0.25, 0.3) is 5.91 Å². The van der Waals surface area contributed by atoms with E-state index in [-0.39, 0.29) is 17.3 Å². The van der Waals surface area contributed by atoms with Crippen molar-refractivity contribution in [2.75, 3.05) is 0 Å². The lowest BCUT2D eigenvalue weighted by Gasteiger charge is -2.04. The molecule has 1 N–H and O–H groups in total. The molecule has 0 aliphatic rings. The standard InChI is InChI=1S/C11H9ClN4O4/c1-6-4-14-8(20-6)5-15-11(17)7-2-3-13-10(12)9(7)16(18)19/h2-4H,5H2,1H3,(H,15,17). The minimum absolute atomic E-state index is 0.0176. The van der Waals surface area contributed by atoms with Crippen molar-refractivity contribution in [1.82, 2.24) is 15.3 Å². The van der Waals surface area contributed by atoms with E-state index in [1.165, 1.54) is 18.5 Å². The number of nitrogens with one attached hydrogen (secondary N) is 1. The SMILES string of the molecule is Cc1cnc(CNC(=O)c2ccnc(Cl)c2[N+](=O)[O-])o1. The molecule has 0 spiro atoms. The molecule has 2 aromatic rings. The average Bonchev–Trinajstić information content (AvgIpc) is 2.81. The summed E-state index contributed by atoms with van der Waals surface area (Å²) in [5.74, 6) is 0.252. The average molecular weight is 297 g/mol. The van der Waals surface area contributed by atoms with E-state index in [2.05, 4.69) is 15.3 Å². The molecule has 0 aliphatic heterocycles. The Balaban J connectivity index is 2.17. The predicted octanol–water partition coefficient (Wildman–Crippen LogP) is 1.87. The fraction of sp³-hybridized carbons (Fsp3) is 0.182. The molecule has 2 aromatic heterocycles. The molecule has 0 saturated heterocycles. The van der Waals surface area contributed by atoms with Gasteiger partial charge in [-0.25, -0.2) is 9.97 Å². The highest BCUT2D eigenvalue weighted by Crippen LogP contribution is 2.25. The molecule has 20 heavy (non-hydrogen) atoms. The molecule has 2 heterocycles. The minimum Gasteiger partial charge on any atom is -0.444 e. The normalized spacial score (nSPS) is 10.3. The number of carbonyl (C=O) groups is 1. The van der Waals surface area contributed by atoms with Gasteiger partial charge in [-0.15, -0.1) is 0 Å². The van der Waals surface area contributed by atoms with Gasteiger partial charge in [-0.3, -0.25) is 14.9 Å². The van der Waals surface area contributed by atoms with Gasteiger partial charge < -0.3 is 9.73 Å². The van der Waals surface area contributed by atoms with Crippen LogP contribution in [0, 0.1) is 17.0 Å². The van der Waals surface area contributed by atoms with Crippen molar-refractivity contribution in [1.29, 1.82) is 0 Å². The Morgan fingerprint density at radius 2 is 2.30 bits per heavy atom. The molecule has 0 aromatic carbocycles. The molecule has 0 aliphatic carbocycles. The lowest BCUT2D eigenvalue weighted by Crippen LogP contribution is -2.24. The molecule has 2 rings (SSSR count). The summed E-state index contributed by atoms with van der Waals surface area (Å²) >= 11 is 5.63. The fourth-order valence-electron chi connectivity index (χ4n) is 1.52. The van der Waals surface area contributed by atoms with E-state index in [1.807, 2.05) is 0 Å². The maximum absolute atomic E-state index is 11.9. The topological polar surface area (TPSA) is 111 Å². The van der Waals surface area contributed by atoms with E-state index < -0.39 is 16.5 Å². The van der Waals surface area contributed by atoms with Crippen LogP contribution in [0.15, 0.2) is 22.9 Å². The Morgan fingerprint density at radius 3 is 2.90 bits per heavy atom. The van der Waals surface area contributed by atoms with Crippen molar-refractivity contribution >= 4 is 23.2 Å². The van der Waals surface area contributed by atoms with E-state index in [0.29, 0.717) is 11.7 Å². The lowest BCUT2D eigenvalue weighted by atomic mass is 10.2. The molecule has 8 nitrogen and oxygen atoms in total. The number of aromatic nitrogens is 2. The summed E-state index contributed by atoms with van der Waals surface area (Å²) in [5.41, 5.74) is -0.700. The number of halogens is 1. The third-order valence-corrected chi connectivity index (χ3v) is 2.65. The Hall–Kier alpha value is -2.48. The molecule has 1 amide bonds. The van der Waals surface area contributed by atoms with Gasteiger partial charge in [0, 0.05) is 6.20 Å². The van der Waals surface area contributed by atoms with Crippen LogP contribution in [0.1, 0.15) is 22.0 Å². The molecule has 0 unspecified atom stereocenters. The number of oxazole rings is 1. The second-order valence-electron chi connectivity index (χ2n) is 3.80. The molecule has 9 heteroatoms. The van der Waals surface area contributed by atoms with Crippen molar-refractivity contribution in [3.63, 3.8) is 0 Å². The zero-order valence-electron chi connectivity index (χ0n) is 10.3. The number of rotatable bonds is 4. The first kappa shape index (κ1) is 13.9. The minimum atomic E-state index is -0.750. The first-order valence-electron chi connectivity index (χ1n) is 5.47. The fourth-order valence-corrected chi connectivity index (χ4v) is 1.75. The highest BCUT2D eigenvalue weighted by atomic mass is 35.5. The van der Waals surface area contributed by atoms with Crippen molar-refractivity contribution < 1.29 is 14.1 Å². The monoisotopic (exact) mass is 296 g/mol. The van der Waals surface area contributed by atoms with Crippen LogP contribution in [0.3, 0.4) is 0 Å². The van der Waals surface area contributed by atoms with Crippen LogP contribution < -0.4 is 5.32 Å². The van der Waals surface area contributed by atoms with E-state index in [4.69, 9.17) is 16.0 Å². The molecule has 0 saturated carbocycles. The largest absolute Gasteiger partial charge is 0.444 e. The molecular formula is C11H9ClN4O4. The summed E-state index contributed by atoms with van der Waals surface area (Å²) in [6, 6.07) is 1.22. The van der Waals surface area contributed by atoms with Crippen LogP contribution in [0.2, 0.25) is 5.15 Å². The smallest absolute Gasteiger partial charge is 0.319 e. The van der Waals surface area contributed by atoms with E-state index in [0.717, 1.165) is 0 Å². The van der Waals surface area contributed by atoms with E-state index >= 15 is 0 Å². The van der Waals surface area contributed by atoms with E-state index in [9.17, 15) is 14.9 Å². The number of carbonyl (C=O) groups excluding carboxylic acids is 1. The van der Waals surface area contributed by atoms with Crippen molar-refractivity contribution in [2.24, 2.45) is 0 Å². The zero-order valence-corrected chi connectivity index (χ0v) is 11.0. The van der Waals surface area contributed by atoms with Crippen LogP contribution >= 0.6 is 11.6 Å². The van der Waals surface area contributed by atoms with Crippen LogP contribution in [0.4, 0.5) is 5.69 Å². The molecular weight excluding hydrogens is 288 g/mol. The molecule has 0 fully saturated rings. The Morgan fingerprint density at radius 1 is 1.55 bits per heavy atom. The number of aryl methyl sites for hydroxylation is 1. The van der Waals surface area contributed by atoms with Gasteiger partial charge in [-0.05, 0) is 13.0 Å². The third kappa shape index (κ3) is 2.91. The number of hydrogen-bond donors (Lipinski definition) is 1. The van der Waals surface area contributed by atoms with Gasteiger partial charge in [0.15, 0.2) is 0 Å². The van der Waals surface area contributed by atoms with Crippen LogP contribution in [-0.4, -0.2) is 20.8 Å². The van der Waals surface area contributed by atoms with Crippen molar-refractivity contribution in [3.8, 4) is 0 Å². The predicted molar refractivity (Wildman–Crippen MR) is 68.3 cm³/mol. The van der Waals surface area contributed by atoms with Crippen LogP contribution in [0.25, 0.3) is 0 Å². The summed E-state index contributed by atoms with van der Waals surface area (Å²) in [6.07, 6.45) is 2.73. The summed E-state index contributed by atoms with van der Waals surface area (Å²) in [7, 11) is 0. The summed E-state index contributed by atoms with van der Waals surface area (Å²) < 4.78 is 5.17. The van der Waals surface area contributed by atoms with Gasteiger partial charge >= 0.3 is 5.69 Å². The van der Waals surface area contributed by atoms with Gasteiger partial charge in [0.1, 0.15) is 11.3 Å². The Kier molecular flexibility index (Phi) is 3.94. The second-order valence-corrected chi connectivity index (χ2v) is 4.16.